The zero-order chi connectivity index (χ0) is 19.9. The summed E-state index contributed by atoms with van der Waals surface area (Å²) < 4.78 is 53.8. The average Bonchev–Trinajstić information content (AvgIpc) is 2.55. The molecule has 0 aromatic heterocycles. The third kappa shape index (κ3) is 5.15. The highest BCUT2D eigenvalue weighted by atomic mass is 79.9. The second-order valence-corrected chi connectivity index (χ2v) is 9.90. The van der Waals surface area contributed by atoms with Gasteiger partial charge in [0.2, 0.25) is 0 Å². The van der Waals surface area contributed by atoms with Gasteiger partial charge < -0.3 is 5.73 Å². The van der Waals surface area contributed by atoms with Crippen molar-refractivity contribution in [3.05, 3.63) is 0 Å². The van der Waals surface area contributed by atoms with Gasteiger partial charge in [0.05, 0.1) is 18.2 Å². The molecule has 5 N–H and O–H groups in total. The van der Waals surface area contributed by atoms with E-state index in [-0.39, 0.29) is 53.9 Å². The van der Waals surface area contributed by atoms with Crippen molar-refractivity contribution in [2.75, 3.05) is 0 Å². The van der Waals surface area contributed by atoms with Gasteiger partial charge in [0.15, 0.2) is 0 Å². The van der Waals surface area contributed by atoms with Crippen LogP contribution in [-0.2, 0) is 0 Å². The lowest BCUT2D eigenvalue weighted by Crippen LogP contribution is -2.70. The van der Waals surface area contributed by atoms with Crippen LogP contribution in [0.3, 0.4) is 0 Å². The molecule has 27 heavy (non-hydrogen) atoms. The van der Waals surface area contributed by atoms with E-state index in [2.05, 4.69) is 31.9 Å². The Kier molecular flexibility index (Phi) is 6.78. The summed E-state index contributed by atoms with van der Waals surface area (Å²) in [6, 6.07) is -0.450. The summed E-state index contributed by atoms with van der Waals surface area (Å²) in [7, 11) is 0. The first-order valence-corrected chi connectivity index (χ1v) is 10.8. The first-order valence-electron chi connectivity index (χ1n) is 9.93. The van der Waals surface area contributed by atoms with Gasteiger partial charge in [-0.15, -0.1) is 0 Å². The zero-order valence-electron chi connectivity index (χ0n) is 15.8. The second-order valence-electron chi connectivity index (χ2n) is 8.73. The van der Waals surface area contributed by atoms with E-state index in [1.807, 2.05) is 13.8 Å². The van der Waals surface area contributed by atoms with Crippen molar-refractivity contribution in [2.24, 2.45) is 23.5 Å². The van der Waals surface area contributed by atoms with Gasteiger partial charge in [-0.25, -0.2) is 4.39 Å². The maximum Gasteiger partial charge on any atom is 0.391 e. The van der Waals surface area contributed by atoms with Crippen molar-refractivity contribution in [3.63, 3.8) is 0 Å². The van der Waals surface area contributed by atoms with Gasteiger partial charge in [-0.05, 0) is 51.9 Å². The predicted octanol–water partition coefficient (Wildman–Crippen LogP) is 3.02. The minimum absolute atomic E-state index is 0.0171. The summed E-state index contributed by atoms with van der Waals surface area (Å²) in [4.78, 5) is -0.187. The highest BCUT2D eigenvalue weighted by molar-refractivity contribution is 9.09. The van der Waals surface area contributed by atoms with E-state index < -0.39 is 24.3 Å². The zero-order valence-corrected chi connectivity index (χ0v) is 17.4. The Hall–Kier alpha value is 0.0400. The van der Waals surface area contributed by atoms with E-state index in [4.69, 9.17) is 5.73 Å². The third-order valence-electron chi connectivity index (χ3n) is 6.60. The number of nitrogens with two attached hydrogens (primary N) is 1. The molecule has 4 nitrogen and oxygen atoms in total. The number of hydrogen-bond acceptors (Lipinski definition) is 4. The van der Waals surface area contributed by atoms with Crippen LogP contribution in [0.2, 0.25) is 0 Å². The lowest BCUT2D eigenvalue weighted by Gasteiger charge is -2.49. The number of alkyl halides is 5. The van der Waals surface area contributed by atoms with Gasteiger partial charge in [0, 0.05) is 28.9 Å². The molecule has 1 heterocycles. The van der Waals surface area contributed by atoms with E-state index in [0.29, 0.717) is 19.3 Å². The van der Waals surface area contributed by atoms with Crippen LogP contribution < -0.4 is 21.7 Å². The Balaban J connectivity index is 1.65. The molecular weight excluding hydrogens is 428 g/mol. The Morgan fingerprint density at radius 3 is 2.48 bits per heavy atom. The van der Waals surface area contributed by atoms with E-state index >= 15 is 0 Å². The lowest BCUT2D eigenvalue weighted by atomic mass is 9.75. The number of nitrogens with one attached hydrogen (secondary N) is 3. The molecule has 1 aliphatic heterocycles. The molecule has 158 valence electrons. The predicted molar refractivity (Wildman–Crippen MR) is 101 cm³/mol. The van der Waals surface area contributed by atoms with Crippen molar-refractivity contribution in [1.82, 2.24) is 16.0 Å². The Bertz CT molecular complexity index is 508. The van der Waals surface area contributed by atoms with E-state index in [1.54, 1.807) is 0 Å². The van der Waals surface area contributed by atoms with Gasteiger partial charge in [-0.2, -0.15) is 13.2 Å². The Labute approximate surface area is 166 Å². The van der Waals surface area contributed by atoms with Gasteiger partial charge >= 0.3 is 6.18 Å². The van der Waals surface area contributed by atoms with Crippen LogP contribution >= 0.6 is 15.9 Å². The van der Waals surface area contributed by atoms with E-state index in [9.17, 15) is 17.6 Å². The van der Waals surface area contributed by atoms with E-state index in [0.717, 1.165) is 0 Å². The highest BCUT2D eigenvalue weighted by Crippen LogP contribution is 2.41. The quantitative estimate of drug-likeness (QED) is 0.387. The smallest absolute Gasteiger partial charge is 0.328 e. The lowest BCUT2D eigenvalue weighted by molar-refractivity contribution is -0.188. The first-order chi connectivity index (χ1) is 12.5. The Morgan fingerprint density at radius 1 is 1.11 bits per heavy atom. The molecule has 3 rings (SSSR count). The summed E-state index contributed by atoms with van der Waals surface area (Å²) in [6.07, 6.45) is -3.25. The summed E-state index contributed by atoms with van der Waals surface area (Å²) in [5.41, 5.74) is 5.94. The van der Waals surface area contributed by atoms with E-state index in [1.165, 1.54) is 0 Å². The molecular formula is C18H31BrF4N4. The van der Waals surface area contributed by atoms with Crippen molar-refractivity contribution in [3.8, 4) is 0 Å². The Morgan fingerprint density at radius 2 is 1.81 bits per heavy atom. The average molecular weight is 459 g/mol. The molecule has 0 aromatic rings. The molecule has 0 radical (unpaired) electrons. The molecule has 2 saturated carbocycles. The normalized spacial score (nSPS) is 47.3. The van der Waals surface area contributed by atoms with Crippen molar-refractivity contribution >= 4 is 15.9 Å². The van der Waals surface area contributed by atoms with Crippen molar-refractivity contribution < 1.29 is 17.6 Å². The molecule has 10 unspecified atom stereocenters. The number of hydrogen-bond donors (Lipinski definition) is 4. The maximum atomic E-state index is 14.1. The fraction of sp³-hybridized carbons (Fsp3) is 1.00. The summed E-state index contributed by atoms with van der Waals surface area (Å²) >= 11 is 3.44. The van der Waals surface area contributed by atoms with Gasteiger partial charge in [-0.1, -0.05) is 15.9 Å². The van der Waals surface area contributed by atoms with Crippen LogP contribution in [0.1, 0.15) is 46.0 Å². The highest BCUT2D eigenvalue weighted by Gasteiger charge is 2.47. The molecule has 0 spiro atoms. The minimum atomic E-state index is -4.19. The number of rotatable bonds is 3. The molecule has 0 aromatic carbocycles. The number of halogens is 5. The summed E-state index contributed by atoms with van der Waals surface area (Å²) in [6.45, 7) is 3.94. The van der Waals surface area contributed by atoms with Crippen LogP contribution in [0.25, 0.3) is 0 Å². The topological polar surface area (TPSA) is 62.1 Å². The monoisotopic (exact) mass is 458 g/mol. The molecule has 3 aliphatic rings. The van der Waals surface area contributed by atoms with Crippen LogP contribution in [0, 0.1) is 17.8 Å². The fourth-order valence-electron chi connectivity index (χ4n) is 5.13. The van der Waals surface area contributed by atoms with Crippen LogP contribution in [0.5, 0.6) is 0 Å². The standard InChI is InChI=1S/C18H31BrF4N4/c1-8(10-3-11(18(21,22)23)5-12(24)4-10)25-17-13-6-14(19)15(20)7-16(13)26-9(2)27-17/h8-17,25-27H,3-7,24H2,1-2H3. The van der Waals surface area contributed by atoms with Crippen LogP contribution in [0.4, 0.5) is 17.6 Å². The summed E-state index contributed by atoms with van der Waals surface area (Å²) in [5.74, 6) is -1.27. The fourth-order valence-corrected chi connectivity index (χ4v) is 5.78. The molecule has 3 fully saturated rings. The molecule has 0 amide bonds. The maximum absolute atomic E-state index is 14.1. The number of fused-ring (bicyclic) bond motifs is 1. The van der Waals surface area contributed by atoms with Crippen molar-refractivity contribution in [2.45, 2.75) is 93.6 Å². The third-order valence-corrected chi connectivity index (χ3v) is 7.55. The van der Waals surface area contributed by atoms with Crippen molar-refractivity contribution in [1.29, 1.82) is 0 Å². The van der Waals surface area contributed by atoms with Crippen LogP contribution in [0.15, 0.2) is 0 Å². The molecule has 0 bridgehead atoms. The molecule has 10 atom stereocenters. The van der Waals surface area contributed by atoms with Gasteiger partial charge in [0.25, 0.3) is 0 Å². The summed E-state index contributed by atoms with van der Waals surface area (Å²) in [5, 5.41) is 10.4. The molecule has 1 saturated heterocycles. The molecule has 2 aliphatic carbocycles. The first kappa shape index (κ1) is 21.7. The van der Waals surface area contributed by atoms with Gasteiger partial charge in [-0.3, -0.25) is 16.0 Å². The molecule has 9 heteroatoms. The van der Waals surface area contributed by atoms with Crippen LogP contribution in [-0.4, -0.2) is 47.6 Å². The SMILES string of the molecule is CC1NC2CC(F)C(Br)CC2C(NC(C)C2CC(N)CC(C(F)(F)F)C2)N1. The van der Waals surface area contributed by atoms with Gasteiger partial charge in [0.1, 0.15) is 6.17 Å². The second kappa shape index (κ2) is 8.42. The minimum Gasteiger partial charge on any atom is -0.328 e. The largest absolute Gasteiger partial charge is 0.391 e.